The van der Waals surface area contributed by atoms with Crippen LogP contribution in [0, 0.1) is 12.7 Å². The number of benzene rings is 2. The summed E-state index contributed by atoms with van der Waals surface area (Å²) in [6, 6.07) is 8.86. The van der Waals surface area contributed by atoms with Crippen molar-refractivity contribution in [2.45, 2.75) is 6.92 Å². The maximum Gasteiger partial charge on any atom is 0.256 e. The second-order valence-electron chi connectivity index (χ2n) is 4.83. The quantitative estimate of drug-likeness (QED) is 0.714. The second kappa shape index (κ2) is 4.90. The summed E-state index contributed by atoms with van der Waals surface area (Å²) in [6.07, 6.45) is 0. The molecule has 0 saturated carbocycles. The molecule has 1 aromatic heterocycles. The van der Waals surface area contributed by atoms with Gasteiger partial charge in [-0.05, 0) is 42.8 Å². The third kappa shape index (κ3) is 2.28. The van der Waals surface area contributed by atoms with Crippen LogP contribution in [0.4, 0.5) is 4.39 Å². The number of aromatic hydroxyl groups is 1. The number of hydrogen-bond donors (Lipinski definition) is 2. The molecule has 0 amide bonds. The zero-order valence-corrected chi connectivity index (χ0v) is 11.8. The molecule has 0 spiro atoms. The molecule has 0 aliphatic heterocycles. The van der Waals surface area contributed by atoms with Crippen LogP contribution in [0.1, 0.15) is 5.56 Å². The summed E-state index contributed by atoms with van der Waals surface area (Å²) in [5.74, 6) is -0.617. The van der Waals surface area contributed by atoms with Crippen LogP contribution in [-0.2, 0) is 0 Å². The molecular formula is C16H11ClFNO2. The summed E-state index contributed by atoms with van der Waals surface area (Å²) in [5.41, 5.74) is 1.30. The molecule has 106 valence electrons. The van der Waals surface area contributed by atoms with Crippen LogP contribution in [0.25, 0.3) is 22.0 Å². The van der Waals surface area contributed by atoms with Crippen molar-refractivity contribution >= 4 is 22.4 Å². The highest BCUT2D eigenvalue weighted by Crippen LogP contribution is 2.33. The fourth-order valence-electron chi connectivity index (χ4n) is 2.29. The highest BCUT2D eigenvalue weighted by molar-refractivity contribution is 6.31. The van der Waals surface area contributed by atoms with E-state index in [1.807, 2.05) is 6.92 Å². The van der Waals surface area contributed by atoms with Gasteiger partial charge in [0.2, 0.25) is 0 Å². The Bertz CT molecular complexity index is 918. The first-order valence-electron chi connectivity index (χ1n) is 6.28. The van der Waals surface area contributed by atoms with E-state index in [4.69, 9.17) is 11.6 Å². The van der Waals surface area contributed by atoms with E-state index in [-0.39, 0.29) is 11.1 Å². The van der Waals surface area contributed by atoms with Crippen molar-refractivity contribution in [1.82, 2.24) is 4.98 Å². The van der Waals surface area contributed by atoms with Crippen LogP contribution in [0.15, 0.2) is 41.2 Å². The van der Waals surface area contributed by atoms with Crippen molar-refractivity contribution in [2.24, 2.45) is 0 Å². The normalized spacial score (nSPS) is 11.0. The predicted molar refractivity (Wildman–Crippen MR) is 81.4 cm³/mol. The standard InChI is InChI=1S/C16H11ClFNO2/c1-8-6-9(2-5-13(8)17)14-15(20)11-4-3-10(18)7-12(11)16(21)19-14/h2-7,20H,1H3,(H,19,21). The number of rotatable bonds is 1. The van der Waals surface area contributed by atoms with Gasteiger partial charge in [0.1, 0.15) is 11.6 Å². The van der Waals surface area contributed by atoms with Crippen molar-refractivity contribution in [3.63, 3.8) is 0 Å². The van der Waals surface area contributed by atoms with E-state index in [0.717, 1.165) is 11.6 Å². The molecular weight excluding hydrogens is 293 g/mol. The molecule has 3 aromatic rings. The zero-order valence-electron chi connectivity index (χ0n) is 11.1. The first-order valence-corrected chi connectivity index (χ1v) is 6.66. The number of pyridine rings is 1. The smallest absolute Gasteiger partial charge is 0.256 e. The Balaban J connectivity index is 2.33. The SMILES string of the molecule is Cc1cc(-c2[nH]c(=O)c3cc(F)ccc3c2O)ccc1Cl. The number of H-pyrrole nitrogens is 1. The lowest BCUT2D eigenvalue weighted by Gasteiger charge is -2.09. The minimum absolute atomic E-state index is 0.0914. The first kappa shape index (κ1) is 13.6. The molecule has 0 fully saturated rings. The Labute approximate surface area is 124 Å². The Hall–Kier alpha value is -2.33. The van der Waals surface area contributed by atoms with Crippen molar-refractivity contribution in [1.29, 1.82) is 0 Å². The summed E-state index contributed by atoms with van der Waals surface area (Å²) in [4.78, 5) is 14.7. The van der Waals surface area contributed by atoms with Crippen LogP contribution in [0.3, 0.4) is 0 Å². The van der Waals surface area contributed by atoms with Crippen LogP contribution < -0.4 is 5.56 Å². The largest absolute Gasteiger partial charge is 0.505 e. The molecule has 0 aliphatic rings. The minimum Gasteiger partial charge on any atom is -0.505 e. The summed E-state index contributed by atoms with van der Waals surface area (Å²) >= 11 is 5.98. The molecule has 3 rings (SSSR count). The van der Waals surface area contributed by atoms with Gasteiger partial charge in [0.15, 0.2) is 0 Å². The molecule has 0 unspecified atom stereocenters. The lowest BCUT2D eigenvalue weighted by atomic mass is 10.0. The molecule has 0 radical (unpaired) electrons. The van der Waals surface area contributed by atoms with Gasteiger partial charge < -0.3 is 10.1 Å². The number of aryl methyl sites for hydroxylation is 1. The zero-order chi connectivity index (χ0) is 15.1. The van der Waals surface area contributed by atoms with Gasteiger partial charge in [-0.25, -0.2) is 4.39 Å². The fraction of sp³-hybridized carbons (Fsp3) is 0.0625. The lowest BCUT2D eigenvalue weighted by Crippen LogP contribution is -2.08. The maximum absolute atomic E-state index is 13.2. The van der Waals surface area contributed by atoms with Gasteiger partial charge in [-0.3, -0.25) is 4.79 Å². The number of fused-ring (bicyclic) bond motifs is 1. The van der Waals surface area contributed by atoms with Gasteiger partial charge in [-0.2, -0.15) is 0 Å². The van der Waals surface area contributed by atoms with Crippen molar-refractivity contribution < 1.29 is 9.50 Å². The summed E-state index contributed by atoms with van der Waals surface area (Å²) < 4.78 is 13.2. The Morgan fingerprint density at radius 2 is 1.90 bits per heavy atom. The Morgan fingerprint density at radius 1 is 1.14 bits per heavy atom. The number of nitrogens with one attached hydrogen (secondary N) is 1. The van der Waals surface area contributed by atoms with E-state index in [1.54, 1.807) is 18.2 Å². The lowest BCUT2D eigenvalue weighted by molar-refractivity contribution is 0.481. The topological polar surface area (TPSA) is 53.1 Å². The molecule has 0 atom stereocenters. The minimum atomic E-state index is -0.525. The van der Waals surface area contributed by atoms with Gasteiger partial charge in [0.25, 0.3) is 5.56 Å². The van der Waals surface area contributed by atoms with Gasteiger partial charge >= 0.3 is 0 Å². The van der Waals surface area contributed by atoms with Crippen molar-refractivity contribution in [2.75, 3.05) is 0 Å². The number of aromatic nitrogens is 1. The molecule has 3 nitrogen and oxygen atoms in total. The maximum atomic E-state index is 13.2. The van der Waals surface area contributed by atoms with E-state index >= 15 is 0 Å². The fourth-order valence-corrected chi connectivity index (χ4v) is 2.41. The number of halogens is 2. The van der Waals surface area contributed by atoms with E-state index in [2.05, 4.69) is 4.98 Å². The average Bonchev–Trinajstić information content (AvgIpc) is 2.46. The summed E-state index contributed by atoms with van der Waals surface area (Å²) in [7, 11) is 0. The highest BCUT2D eigenvalue weighted by atomic mass is 35.5. The van der Waals surface area contributed by atoms with E-state index in [1.165, 1.54) is 12.1 Å². The van der Waals surface area contributed by atoms with Crippen LogP contribution in [0.5, 0.6) is 5.75 Å². The predicted octanol–water partition coefficient (Wildman–Crippen LogP) is 4.00. The van der Waals surface area contributed by atoms with Crippen molar-refractivity contribution in [3.05, 3.63) is 63.2 Å². The first-order chi connectivity index (χ1) is 9.97. The Morgan fingerprint density at radius 3 is 2.62 bits per heavy atom. The third-order valence-electron chi connectivity index (χ3n) is 3.40. The summed E-state index contributed by atoms with van der Waals surface area (Å²) in [5, 5.41) is 11.4. The number of hydrogen-bond acceptors (Lipinski definition) is 2. The average molecular weight is 304 g/mol. The molecule has 5 heteroatoms. The molecule has 0 saturated heterocycles. The van der Waals surface area contributed by atoms with E-state index in [9.17, 15) is 14.3 Å². The van der Waals surface area contributed by atoms with Gasteiger partial charge in [0.05, 0.1) is 11.1 Å². The van der Waals surface area contributed by atoms with Gasteiger partial charge in [-0.1, -0.05) is 17.7 Å². The van der Waals surface area contributed by atoms with Crippen LogP contribution in [0.2, 0.25) is 5.02 Å². The molecule has 21 heavy (non-hydrogen) atoms. The highest BCUT2D eigenvalue weighted by Gasteiger charge is 2.13. The third-order valence-corrected chi connectivity index (χ3v) is 3.83. The van der Waals surface area contributed by atoms with Crippen molar-refractivity contribution in [3.8, 4) is 17.0 Å². The number of aromatic amines is 1. The second-order valence-corrected chi connectivity index (χ2v) is 5.24. The molecule has 0 bridgehead atoms. The Kier molecular flexibility index (Phi) is 3.18. The van der Waals surface area contributed by atoms with E-state index < -0.39 is 11.4 Å². The molecule has 0 aliphatic carbocycles. The monoisotopic (exact) mass is 303 g/mol. The van der Waals surface area contributed by atoms with Crippen LogP contribution in [-0.4, -0.2) is 10.1 Å². The molecule has 2 N–H and O–H groups in total. The van der Waals surface area contributed by atoms with Gasteiger partial charge in [-0.15, -0.1) is 0 Å². The molecule has 1 heterocycles. The molecule has 2 aromatic carbocycles. The summed E-state index contributed by atoms with van der Waals surface area (Å²) in [6.45, 7) is 1.83. The van der Waals surface area contributed by atoms with Crippen LogP contribution >= 0.6 is 11.6 Å². The van der Waals surface area contributed by atoms with Gasteiger partial charge in [0, 0.05) is 16.0 Å². The van der Waals surface area contributed by atoms with E-state index in [0.29, 0.717) is 21.7 Å².